The first-order valence-electron chi connectivity index (χ1n) is 6.15. The van der Waals surface area contributed by atoms with Crippen LogP contribution in [0.2, 0.25) is 0 Å². The summed E-state index contributed by atoms with van der Waals surface area (Å²) >= 11 is 1.89. The molecule has 1 fully saturated rings. The molecule has 0 aliphatic carbocycles. The Balaban J connectivity index is 0.00000120. The number of fused-ring (bicyclic) bond motifs is 1. The van der Waals surface area contributed by atoms with E-state index in [1.165, 1.54) is 18.4 Å². The lowest BCUT2D eigenvalue weighted by Crippen LogP contribution is -2.29. The third-order valence-electron chi connectivity index (χ3n) is 3.18. The van der Waals surface area contributed by atoms with E-state index in [2.05, 4.69) is 40.4 Å². The second-order valence-corrected chi connectivity index (χ2v) is 5.92. The van der Waals surface area contributed by atoms with Crippen molar-refractivity contribution in [2.24, 2.45) is 0 Å². The summed E-state index contributed by atoms with van der Waals surface area (Å²) < 4.78 is 0. The molecule has 2 heterocycles. The highest BCUT2D eigenvalue weighted by atomic mass is 35.5. The van der Waals surface area contributed by atoms with Gasteiger partial charge in [0.15, 0.2) is 5.16 Å². The van der Waals surface area contributed by atoms with Crippen molar-refractivity contribution < 1.29 is 0 Å². The van der Waals surface area contributed by atoms with Gasteiger partial charge in [0.25, 0.3) is 0 Å². The third kappa shape index (κ3) is 2.99. The molecule has 2 aromatic rings. The van der Waals surface area contributed by atoms with E-state index >= 15 is 0 Å². The van der Waals surface area contributed by atoms with E-state index in [1.807, 2.05) is 11.8 Å². The van der Waals surface area contributed by atoms with Gasteiger partial charge in [0.1, 0.15) is 0 Å². The first-order valence-corrected chi connectivity index (χ1v) is 7.03. The molecule has 0 spiro atoms. The van der Waals surface area contributed by atoms with Crippen molar-refractivity contribution in [3.63, 3.8) is 0 Å². The molecule has 18 heavy (non-hydrogen) atoms. The van der Waals surface area contributed by atoms with Gasteiger partial charge >= 0.3 is 0 Å². The molecule has 0 unspecified atom stereocenters. The maximum atomic E-state index is 4.63. The molecule has 0 saturated carbocycles. The molecule has 3 nitrogen and oxygen atoms in total. The molecular formula is C13H18ClN3S. The maximum absolute atomic E-state index is 4.63. The van der Waals surface area contributed by atoms with Crippen LogP contribution in [-0.4, -0.2) is 28.3 Å². The lowest BCUT2D eigenvalue weighted by atomic mass is 10.2. The summed E-state index contributed by atoms with van der Waals surface area (Å²) in [6.45, 7) is 4.38. The molecule has 98 valence electrons. The monoisotopic (exact) mass is 283 g/mol. The van der Waals surface area contributed by atoms with E-state index in [0.29, 0.717) is 5.25 Å². The average molecular weight is 284 g/mol. The van der Waals surface area contributed by atoms with Crippen molar-refractivity contribution in [2.75, 3.05) is 13.1 Å². The van der Waals surface area contributed by atoms with Crippen molar-refractivity contribution in [1.29, 1.82) is 0 Å². The number of nitrogens with one attached hydrogen (secondary N) is 2. The van der Waals surface area contributed by atoms with Crippen LogP contribution in [0.4, 0.5) is 0 Å². The fraction of sp³-hybridized carbons (Fsp3) is 0.462. The van der Waals surface area contributed by atoms with Gasteiger partial charge in [-0.3, -0.25) is 0 Å². The number of nitrogens with zero attached hydrogens (tertiary/aromatic N) is 1. The Labute approximate surface area is 118 Å². The number of piperidine rings is 1. The molecule has 0 radical (unpaired) electrons. The number of benzene rings is 1. The average Bonchev–Trinajstić information content (AvgIpc) is 2.71. The van der Waals surface area contributed by atoms with E-state index in [0.717, 1.165) is 29.3 Å². The lowest BCUT2D eigenvalue weighted by Gasteiger charge is -2.20. The minimum Gasteiger partial charge on any atom is -0.333 e. The van der Waals surface area contributed by atoms with E-state index in [-0.39, 0.29) is 12.4 Å². The van der Waals surface area contributed by atoms with Gasteiger partial charge in [-0.15, -0.1) is 12.4 Å². The molecule has 0 atom stereocenters. The van der Waals surface area contributed by atoms with Gasteiger partial charge in [-0.1, -0.05) is 17.8 Å². The quantitative estimate of drug-likeness (QED) is 0.890. The van der Waals surface area contributed by atoms with Crippen molar-refractivity contribution in [1.82, 2.24) is 15.3 Å². The molecule has 5 heteroatoms. The fourth-order valence-electron chi connectivity index (χ4n) is 2.23. The van der Waals surface area contributed by atoms with Crippen LogP contribution in [0, 0.1) is 6.92 Å². The van der Waals surface area contributed by atoms with Gasteiger partial charge in [0.2, 0.25) is 0 Å². The zero-order valence-electron chi connectivity index (χ0n) is 10.4. The van der Waals surface area contributed by atoms with Crippen LogP contribution >= 0.6 is 24.2 Å². The van der Waals surface area contributed by atoms with Gasteiger partial charge in [0, 0.05) is 5.25 Å². The molecule has 3 rings (SSSR count). The smallest absolute Gasteiger partial charge is 0.166 e. The number of aromatic nitrogens is 2. The summed E-state index contributed by atoms with van der Waals surface area (Å²) in [4.78, 5) is 8.05. The first-order chi connectivity index (χ1) is 8.31. The Hall–Kier alpha value is -0.710. The topological polar surface area (TPSA) is 40.7 Å². The molecule has 1 saturated heterocycles. The van der Waals surface area contributed by atoms with E-state index in [1.54, 1.807) is 0 Å². The number of halogens is 1. The van der Waals surface area contributed by atoms with E-state index < -0.39 is 0 Å². The number of hydrogen-bond acceptors (Lipinski definition) is 3. The Bertz CT molecular complexity index is 520. The van der Waals surface area contributed by atoms with Gasteiger partial charge in [-0.05, 0) is 50.6 Å². The SMILES string of the molecule is Cc1ccc2nc(SC3CCNCC3)[nH]c2c1.Cl. The highest BCUT2D eigenvalue weighted by molar-refractivity contribution is 7.99. The third-order valence-corrected chi connectivity index (χ3v) is 4.40. The Morgan fingerprint density at radius 2 is 2.06 bits per heavy atom. The molecule has 2 N–H and O–H groups in total. The summed E-state index contributed by atoms with van der Waals surface area (Å²) in [6, 6.07) is 6.37. The highest BCUT2D eigenvalue weighted by Gasteiger charge is 2.16. The molecular weight excluding hydrogens is 266 g/mol. The zero-order chi connectivity index (χ0) is 11.7. The minimum atomic E-state index is 0. The van der Waals surface area contributed by atoms with Crippen molar-refractivity contribution in [3.05, 3.63) is 23.8 Å². The number of hydrogen-bond donors (Lipinski definition) is 2. The number of aryl methyl sites for hydroxylation is 1. The van der Waals surface area contributed by atoms with Crippen LogP contribution in [0.15, 0.2) is 23.4 Å². The Kier molecular flexibility index (Phi) is 4.54. The minimum absolute atomic E-state index is 0. The lowest BCUT2D eigenvalue weighted by molar-refractivity contribution is 0.531. The van der Waals surface area contributed by atoms with Gasteiger partial charge < -0.3 is 10.3 Å². The Morgan fingerprint density at radius 1 is 1.28 bits per heavy atom. The summed E-state index contributed by atoms with van der Waals surface area (Å²) in [5.74, 6) is 0. The molecule has 1 aliphatic rings. The predicted octanol–water partition coefficient (Wildman–Crippen LogP) is 3.14. The van der Waals surface area contributed by atoms with Crippen LogP contribution in [0.1, 0.15) is 18.4 Å². The molecule has 0 bridgehead atoms. The summed E-state index contributed by atoms with van der Waals surface area (Å²) in [5.41, 5.74) is 3.51. The van der Waals surface area contributed by atoms with Gasteiger partial charge in [0.05, 0.1) is 11.0 Å². The van der Waals surface area contributed by atoms with Gasteiger partial charge in [-0.2, -0.15) is 0 Å². The van der Waals surface area contributed by atoms with E-state index in [9.17, 15) is 0 Å². The molecule has 1 aromatic carbocycles. The second kappa shape index (κ2) is 5.95. The van der Waals surface area contributed by atoms with Gasteiger partial charge in [-0.25, -0.2) is 4.98 Å². The standard InChI is InChI=1S/C13H17N3S.ClH/c1-9-2-3-11-12(8-9)16-13(15-11)17-10-4-6-14-7-5-10;/h2-3,8,10,14H,4-7H2,1H3,(H,15,16);1H. The maximum Gasteiger partial charge on any atom is 0.166 e. The van der Waals surface area contributed by atoms with Crippen LogP contribution in [0.3, 0.4) is 0 Å². The fourth-order valence-corrected chi connectivity index (χ4v) is 3.33. The number of H-pyrrole nitrogens is 1. The summed E-state index contributed by atoms with van der Waals surface area (Å²) in [6.07, 6.45) is 2.47. The number of imidazole rings is 1. The Morgan fingerprint density at radius 3 is 2.83 bits per heavy atom. The second-order valence-electron chi connectivity index (χ2n) is 4.63. The normalized spacial score (nSPS) is 16.7. The van der Waals surface area contributed by atoms with E-state index in [4.69, 9.17) is 0 Å². The van der Waals surface area contributed by atoms with Crippen LogP contribution in [0.25, 0.3) is 11.0 Å². The van der Waals surface area contributed by atoms with Crippen LogP contribution in [0.5, 0.6) is 0 Å². The number of aromatic amines is 1. The summed E-state index contributed by atoms with van der Waals surface area (Å²) in [5, 5.41) is 5.16. The predicted molar refractivity (Wildman–Crippen MR) is 79.8 cm³/mol. The highest BCUT2D eigenvalue weighted by Crippen LogP contribution is 2.28. The number of rotatable bonds is 2. The van der Waals surface area contributed by atoms with Crippen molar-refractivity contribution in [2.45, 2.75) is 30.2 Å². The van der Waals surface area contributed by atoms with Crippen molar-refractivity contribution >= 4 is 35.2 Å². The molecule has 1 aliphatic heterocycles. The summed E-state index contributed by atoms with van der Waals surface area (Å²) in [7, 11) is 0. The largest absolute Gasteiger partial charge is 0.333 e. The molecule has 0 amide bonds. The molecule has 1 aromatic heterocycles. The first kappa shape index (κ1) is 13.7. The number of thioether (sulfide) groups is 1. The van der Waals surface area contributed by atoms with Crippen molar-refractivity contribution in [3.8, 4) is 0 Å². The zero-order valence-corrected chi connectivity index (χ0v) is 12.0. The van der Waals surface area contributed by atoms with Crippen LogP contribution < -0.4 is 5.32 Å². The van der Waals surface area contributed by atoms with Crippen LogP contribution in [-0.2, 0) is 0 Å².